The van der Waals surface area contributed by atoms with Crippen LogP contribution in [0.2, 0.25) is 0 Å². The van der Waals surface area contributed by atoms with E-state index in [2.05, 4.69) is 5.32 Å². The molecule has 0 saturated carbocycles. The maximum absolute atomic E-state index is 13.3. The zero-order valence-electron chi connectivity index (χ0n) is 13.5. The summed E-state index contributed by atoms with van der Waals surface area (Å²) in [6, 6.07) is 3.62. The third kappa shape index (κ3) is 4.00. The highest BCUT2D eigenvalue weighted by Crippen LogP contribution is 2.20. The molecule has 1 N–H and O–H groups in total. The molecule has 0 radical (unpaired) electrons. The molecule has 1 aliphatic rings. The standard InChI is InChI=1S/C15H22FN3O3S/c1-11(2)17-15(20)18-6-8-19(9-7-18)23(21,22)13-4-5-14(16)12(3)10-13/h4-5,10-11H,6-9H2,1-3H3,(H,17,20). The quantitative estimate of drug-likeness (QED) is 0.905. The number of hydrogen-bond acceptors (Lipinski definition) is 3. The molecular weight excluding hydrogens is 321 g/mol. The van der Waals surface area contributed by atoms with Crippen molar-refractivity contribution >= 4 is 16.1 Å². The molecule has 0 aromatic heterocycles. The van der Waals surface area contributed by atoms with Gasteiger partial charge in [-0.3, -0.25) is 0 Å². The van der Waals surface area contributed by atoms with Crippen molar-refractivity contribution in [1.82, 2.24) is 14.5 Å². The lowest BCUT2D eigenvalue weighted by Gasteiger charge is -2.34. The summed E-state index contributed by atoms with van der Waals surface area (Å²) in [6.45, 7) is 6.39. The van der Waals surface area contributed by atoms with E-state index >= 15 is 0 Å². The van der Waals surface area contributed by atoms with Gasteiger partial charge >= 0.3 is 6.03 Å². The van der Waals surface area contributed by atoms with E-state index in [1.807, 2.05) is 13.8 Å². The Balaban J connectivity index is 2.06. The Morgan fingerprint density at radius 3 is 2.35 bits per heavy atom. The fraction of sp³-hybridized carbons (Fsp3) is 0.533. The number of hydrogen-bond donors (Lipinski definition) is 1. The number of carbonyl (C=O) groups is 1. The van der Waals surface area contributed by atoms with Crippen molar-refractivity contribution in [2.75, 3.05) is 26.2 Å². The third-order valence-electron chi connectivity index (χ3n) is 3.71. The highest BCUT2D eigenvalue weighted by atomic mass is 32.2. The topological polar surface area (TPSA) is 69.7 Å². The van der Waals surface area contributed by atoms with E-state index in [1.54, 1.807) is 4.90 Å². The summed E-state index contributed by atoms with van der Waals surface area (Å²) < 4.78 is 39.8. The van der Waals surface area contributed by atoms with E-state index in [0.717, 1.165) is 6.07 Å². The van der Waals surface area contributed by atoms with Gasteiger partial charge in [0, 0.05) is 32.2 Å². The third-order valence-corrected chi connectivity index (χ3v) is 5.60. The lowest BCUT2D eigenvalue weighted by atomic mass is 10.2. The summed E-state index contributed by atoms with van der Waals surface area (Å²) in [7, 11) is -3.67. The van der Waals surface area contributed by atoms with Crippen molar-refractivity contribution in [3.63, 3.8) is 0 Å². The smallest absolute Gasteiger partial charge is 0.317 e. The molecule has 1 aliphatic heterocycles. The van der Waals surface area contributed by atoms with Crippen LogP contribution in [0.3, 0.4) is 0 Å². The summed E-state index contributed by atoms with van der Waals surface area (Å²) in [4.78, 5) is 13.6. The van der Waals surface area contributed by atoms with E-state index in [0.29, 0.717) is 18.7 Å². The highest BCUT2D eigenvalue weighted by Gasteiger charge is 2.30. The van der Waals surface area contributed by atoms with Gasteiger partial charge in [-0.05, 0) is 44.5 Å². The van der Waals surface area contributed by atoms with Crippen LogP contribution in [-0.4, -0.2) is 55.9 Å². The molecule has 0 unspecified atom stereocenters. The number of amides is 2. The molecule has 128 valence electrons. The zero-order chi connectivity index (χ0) is 17.2. The van der Waals surface area contributed by atoms with Crippen molar-refractivity contribution in [2.45, 2.75) is 31.7 Å². The van der Waals surface area contributed by atoms with Crippen molar-refractivity contribution < 1.29 is 17.6 Å². The molecule has 0 bridgehead atoms. The van der Waals surface area contributed by atoms with E-state index in [1.165, 1.54) is 23.4 Å². The molecule has 6 nitrogen and oxygen atoms in total. The van der Waals surface area contributed by atoms with Gasteiger partial charge in [0.15, 0.2) is 0 Å². The summed E-state index contributed by atoms with van der Waals surface area (Å²) in [5.41, 5.74) is 0.293. The van der Waals surface area contributed by atoms with Crippen LogP contribution in [-0.2, 0) is 10.0 Å². The van der Waals surface area contributed by atoms with Crippen LogP contribution < -0.4 is 5.32 Å². The maximum Gasteiger partial charge on any atom is 0.317 e. The highest BCUT2D eigenvalue weighted by molar-refractivity contribution is 7.89. The van der Waals surface area contributed by atoms with Crippen molar-refractivity contribution in [3.8, 4) is 0 Å². The second-order valence-electron chi connectivity index (χ2n) is 5.91. The summed E-state index contributed by atoms with van der Waals surface area (Å²) in [6.07, 6.45) is 0. The average Bonchev–Trinajstić information content (AvgIpc) is 2.49. The van der Waals surface area contributed by atoms with Crippen LogP contribution >= 0.6 is 0 Å². The van der Waals surface area contributed by atoms with Gasteiger partial charge in [0.2, 0.25) is 10.0 Å². The fourth-order valence-corrected chi connectivity index (χ4v) is 3.90. The SMILES string of the molecule is Cc1cc(S(=O)(=O)N2CCN(C(=O)NC(C)C)CC2)ccc1F. The van der Waals surface area contributed by atoms with Crippen LogP contribution in [0.15, 0.2) is 23.1 Å². The number of nitrogens with one attached hydrogen (secondary N) is 1. The second-order valence-corrected chi connectivity index (χ2v) is 7.84. The Labute approximate surface area is 136 Å². The minimum Gasteiger partial charge on any atom is -0.336 e. The Hall–Kier alpha value is -1.67. The van der Waals surface area contributed by atoms with Crippen LogP contribution in [0.5, 0.6) is 0 Å². The molecule has 1 fully saturated rings. The molecule has 1 heterocycles. The molecule has 23 heavy (non-hydrogen) atoms. The number of carbonyl (C=O) groups excluding carboxylic acids is 1. The van der Waals surface area contributed by atoms with Gasteiger partial charge in [-0.2, -0.15) is 4.31 Å². The minimum atomic E-state index is -3.67. The molecule has 1 saturated heterocycles. The first-order chi connectivity index (χ1) is 10.7. The lowest BCUT2D eigenvalue weighted by molar-refractivity contribution is 0.170. The molecular formula is C15H22FN3O3S. The summed E-state index contributed by atoms with van der Waals surface area (Å²) >= 11 is 0. The normalized spacial score (nSPS) is 16.7. The van der Waals surface area contributed by atoms with Gasteiger partial charge in [-0.25, -0.2) is 17.6 Å². The maximum atomic E-state index is 13.3. The number of aryl methyl sites for hydroxylation is 1. The van der Waals surface area contributed by atoms with Gasteiger partial charge in [-0.1, -0.05) is 0 Å². The molecule has 1 aromatic carbocycles. The van der Waals surface area contributed by atoms with Crippen molar-refractivity contribution in [1.29, 1.82) is 0 Å². The number of sulfonamides is 1. The molecule has 8 heteroatoms. The first-order valence-corrected chi connectivity index (χ1v) is 8.97. The Kier molecular flexibility index (Phi) is 5.26. The first kappa shape index (κ1) is 17.7. The Morgan fingerprint density at radius 1 is 1.22 bits per heavy atom. The average molecular weight is 343 g/mol. The molecule has 1 aromatic rings. The monoisotopic (exact) mass is 343 g/mol. The van der Waals surface area contributed by atoms with Crippen molar-refractivity contribution in [2.24, 2.45) is 0 Å². The molecule has 2 rings (SSSR count). The fourth-order valence-electron chi connectivity index (χ4n) is 2.40. The zero-order valence-corrected chi connectivity index (χ0v) is 14.4. The van der Waals surface area contributed by atoms with E-state index in [-0.39, 0.29) is 30.1 Å². The van der Waals surface area contributed by atoms with Gasteiger partial charge in [-0.15, -0.1) is 0 Å². The lowest BCUT2D eigenvalue weighted by Crippen LogP contribution is -2.53. The number of benzene rings is 1. The van der Waals surface area contributed by atoms with Gasteiger partial charge in [0.25, 0.3) is 0 Å². The number of halogens is 1. The minimum absolute atomic E-state index is 0.0338. The predicted octanol–water partition coefficient (Wildman–Crippen LogP) is 1.56. The number of rotatable bonds is 3. The Morgan fingerprint density at radius 2 is 1.83 bits per heavy atom. The van der Waals surface area contributed by atoms with Crippen molar-refractivity contribution in [3.05, 3.63) is 29.6 Å². The van der Waals surface area contributed by atoms with E-state index < -0.39 is 15.8 Å². The number of nitrogens with zero attached hydrogens (tertiary/aromatic N) is 2. The second kappa shape index (κ2) is 6.84. The largest absolute Gasteiger partial charge is 0.336 e. The van der Waals surface area contributed by atoms with Crippen LogP contribution in [0.1, 0.15) is 19.4 Å². The summed E-state index contributed by atoms with van der Waals surface area (Å²) in [5, 5.41) is 2.79. The number of piperazine rings is 1. The van der Waals surface area contributed by atoms with E-state index in [4.69, 9.17) is 0 Å². The van der Waals surface area contributed by atoms with Gasteiger partial charge in [0.1, 0.15) is 5.82 Å². The van der Waals surface area contributed by atoms with Gasteiger partial charge < -0.3 is 10.2 Å². The van der Waals surface area contributed by atoms with Crippen LogP contribution in [0.25, 0.3) is 0 Å². The van der Waals surface area contributed by atoms with Crippen LogP contribution in [0.4, 0.5) is 9.18 Å². The Bertz CT molecular complexity index is 683. The molecule has 2 amide bonds. The van der Waals surface area contributed by atoms with Gasteiger partial charge in [0.05, 0.1) is 4.90 Å². The van der Waals surface area contributed by atoms with E-state index in [9.17, 15) is 17.6 Å². The number of urea groups is 1. The molecule has 0 atom stereocenters. The summed E-state index contributed by atoms with van der Waals surface area (Å²) in [5.74, 6) is -0.431. The predicted molar refractivity (Wildman–Crippen MR) is 85.1 cm³/mol. The first-order valence-electron chi connectivity index (χ1n) is 7.53. The molecule has 0 aliphatic carbocycles. The molecule has 0 spiro atoms. The van der Waals surface area contributed by atoms with Crippen LogP contribution in [0, 0.1) is 12.7 Å².